The summed E-state index contributed by atoms with van der Waals surface area (Å²) in [5.41, 5.74) is 0.868. The minimum atomic E-state index is -0.448. The lowest BCUT2D eigenvalue weighted by molar-refractivity contribution is -0.124. The zero-order chi connectivity index (χ0) is 14.5. The van der Waals surface area contributed by atoms with E-state index in [0.29, 0.717) is 4.88 Å². The Bertz CT molecular complexity index is 589. The van der Waals surface area contributed by atoms with Crippen LogP contribution in [0.2, 0.25) is 0 Å². The third kappa shape index (κ3) is 3.68. The molecule has 0 unspecified atom stereocenters. The Morgan fingerprint density at radius 2 is 2.10 bits per heavy atom. The molecule has 1 N–H and O–H groups in total. The summed E-state index contributed by atoms with van der Waals surface area (Å²) < 4.78 is 5.01. The number of ether oxygens (including phenoxy) is 1. The quantitative estimate of drug-likeness (QED) is 0.863. The van der Waals surface area contributed by atoms with Crippen molar-refractivity contribution in [2.24, 2.45) is 0 Å². The van der Waals surface area contributed by atoms with E-state index in [1.54, 1.807) is 11.3 Å². The number of hydrogen-bond donors (Lipinski definition) is 1. The Morgan fingerprint density at radius 1 is 1.30 bits per heavy atom. The molecule has 0 bridgehead atoms. The van der Waals surface area contributed by atoms with E-state index in [-0.39, 0.29) is 18.6 Å². The minimum absolute atomic E-state index is 0.0790. The fourth-order valence-corrected chi connectivity index (χ4v) is 3.22. The SMILES string of the molecule is Cc1ccsc1C(=O)OCC(=O)N[C@H](C)c1cccs1. The van der Waals surface area contributed by atoms with Crippen molar-refractivity contribution in [1.29, 1.82) is 0 Å². The van der Waals surface area contributed by atoms with E-state index < -0.39 is 5.97 Å². The zero-order valence-corrected chi connectivity index (χ0v) is 12.8. The van der Waals surface area contributed by atoms with E-state index in [0.717, 1.165) is 10.4 Å². The van der Waals surface area contributed by atoms with Gasteiger partial charge in [-0.05, 0) is 42.3 Å². The fourth-order valence-electron chi connectivity index (χ4n) is 1.67. The van der Waals surface area contributed by atoms with Crippen molar-refractivity contribution in [2.75, 3.05) is 6.61 Å². The Balaban J connectivity index is 1.81. The lowest BCUT2D eigenvalue weighted by Crippen LogP contribution is -2.30. The normalized spacial score (nSPS) is 11.9. The molecule has 6 heteroatoms. The molecule has 2 rings (SSSR count). The van der Waals surface area contributed by atoms with Crippen LogP contribution in [-0.2, 0) is 9.53 Å². The molecule has 2 aromatic rings. The molecule has 0 aromatic carbocycles. The van der Waals surface area contributed by atoms with Gasteiger partial charge in [-0.1, -0.05) is 6.07 Å². The lowest BCUT2D eigenvalue weighted by Gasteiger charge is -2.12. The van der Waals surface area contributed by atoms with Gasteiger partial charge in [-0.15, -0.1) is 22.7 Å². The van der Waals surface area contributed by atoms with Crippen molar-refractivity contribution in [3.05, 3.63) is 44.3 Å². The number of aryl methyl sites for hydroxylation is 1. The molecule has 4 nitrogen and oxygen atoms in total. The van der Waals surface area contributed by atoms with Crippen LogP contribution in [0.25, 0.3) is 0 Å². The Hall–Kier alpha value is -1.66. The van der Waals surface area contributed by atoms with Gasteiger partial charge in [0.15, 0.2) is 6.61 Å². The molecule has 0 fully saturated rings. The van der Waals surface area contributed by atoms with Crippen LogP contribution in [0.3, 0.4) is 0 Å². The van der Waals surface area contributed by atoms with Gasteiger partial charge >= 0.3 is 5.97 Å². The fraction of sp³-hybridized carbons (Fsp3) is 0.286. The number of esters is 1. The van der Waals surface area contributed by atoms with Crippen molar-refractivity contribution in [1.82, 2.24) is 5.32 Å². The number of nitrogens with one attached hydrogen (secondary N) is 1. The van der Waals surface area contributed by atoms with Crippen molar-refractivity contribution >= 4 is 34.6 Å². The summed E-state index contributed by atoms with van der Waals surface area (Å²) in [7, 11) is 0. The highest BCUT2D eigenvalue weighted by Crippen LogP contribution is 2.18. The maximum Gasteiger partial charge on any atom is 0.349 e. The van der Waals surface area contributed by atoms with E-state index in [1.807, 2.05) is 42.8 Å². The maximum atomic E-state index is 11.8. The smallest absolute Gasteiger partial charge is 0.349 e. The maximum absolute atomic E-state index is 11.8. The molecule has 20 heavy (non-hydrogen) atoms. The molecular weight excluding hydrogens is 294 g/mol. The second-order valence-corrected chi connectivity index (χ2v) is 6.21. The van der Waals surface area contributed by atoms with E-state index in [2.05, 4.69) is 5.32 Å². The summed E-state index contributed by atoms with van der Waals surface area (Å²) in [6.45, 7) is 3.48. The summed E-state index contributed by atoms with van der Waals surface area (Å²) in [4.78, 5) is 25.1. The summed E-state index contributed by atoms with van der Waals surface area (Å²) in [5.74, 6) is -0.745. The van der Waals surface area contributed by atoms with Crippen LogP contribution >= 0.6 is 22.7 Å². The number of hydrogen-bond acceptors (Lipinski definition) is 5. The molecule has 0 saturated heterocycles. The van der Waals surface area contributed by atoms with Gasteiger partial charge in [0.1, 0.15) is 4.88 Å². The molecule has 0 aliphatic rings. The first-order valence-electron chi connectivity index (χ1n) is 6.12. The van der Waals surface area contributed by atoms with Gasteiger partial charge in [-0.2, -0.15) is 0 Å². The highest BCUT2D eigenvalue weighted by atomic mass is 32.1. The third-order valence-corrected chi connectivity index (χ3v) is 4.78. The van der Waals surface area contributed by atoms with Gasteiger partial charge in [0.2, 0.25) is 0 Å². The Morgan fingerprint density at radius 3 is 2.70 bits per heavy atom. The van der Waals surface area contributed by atoms with Gasteiger partial charge in [0.05, 0.1) is 6.04 Å². The van der Waals surface area contributed by atoms with E-state index >= 15 is 0 Å². The van der Waals surface area contributed by atoms with Crippen molar-refractivity contribution in [3.8, 4) is 0 Å². The molecule has 0 saturated carbocycles. The highest BCUT2D eigenvalue weighted by molar-refractivity contribution is 7.12. The topological polar surface area (TPSA) is 55.4 Å². The van der Waals surface area contributed by atoms with Crippen LogP contribution in [0.5, 0.6) is 0 Å². The van der Waals surface area contributed by atoms with Crippen LogP contribution in [-0.4, -0.2) is 18.5 Å². The molecular formula is C14H15NO3S2. The van der Waals surface area contributed by atoms with Crippen LogP contribution in [0, 0.1) is 6.92 Å². The number of rotatable bonds is 5. The summed E-state index contributed by atoms with van der Waals surface area (Å²) in [6, 6.07) is 5.66. The molecule has 2 aromatic heterocycles. The number of amides is 1. The first-order valence-corrected chi connectivity index (χ1v) is 7.88. The van der Waals surface area contributed by atoms with E-state index in [4.69, 9.17) is 4.74 Å². The monoisotopic (exact) mass is 309 g/mol. The average molecular weight is 309 g/mol. The van der Waals surface area contributed by atoms with Gasteiger partial charge in [-0.3, -0.25) is 4.79 Å². The van der Waals surface area contributed by atoms with Crippen molar-refractivity contribution in [2.45, 2.75) is 19.9 Å². The Labute approximate surface area is 125 Å². The second kappa shape index (κ2) is 6.67. The molecule has 0 aliphatic heterocycles. The number of carbonyl (C=O) groups excluding carboxylic acids is 2. The molecule has 0 aliphatic carbocycles. The molecule has 0 spiro atoms. The standard InChI is InChI=1S/C14H15NO3S2/c1-9-5-7-20-13(9)14(17)18-8-12(16)15-10(2)11-4-3-6-19-11/h3-7,10H,8H2,1-2H3,(H,15,16)/t10-/m1/s1. The van der Waals surface area contributed by atoms with Gasteiger partial charge in [0, 0.05) is 4.88 Å². The van der Waals surface area contributed by atoms with Gasteiger partial charge < -0.3 is 10.1 Å². The first kappa shape index (κ1) is 14.7. The van der Waals surface area contributed by atoms with Crippen LogP contribution in [0.15, 0.2) is 29.0 Å². The largest absolute Gasteiger partial charge is 0.451 e. The second-order valence-electron chi connectivity index (χ2n) is 4.31. The summed E-state index contributed by atoms with van der Waals surface area (Å²) >= 11 is 2.89. The summed E-state index contributed by atoms with van der Waals surface area (Å²) in [6.07, 6.45) is 0. The predicted octanol–water partition coefficient (Wildman–Crippen LogP) is 3.15. The number of thiophene rings is 2. The average Bonchev–Trinajstić information content (AvgIpc) is 3.06. The third-order valence-electron chi connectivity index (χ3n) is 2.73. The molecule has 0 radical (unpaired) electrons. The highest BCUT2D eigenvalue weighted by Gasteiger charge is 2.15. The molecule has 1 atom stereocenters. The first-order chi connectivity index (χ1) is 9.58. The molecule has 1 amide bonds. The molecule has 2 heterocycles. The van der Waals surface area contributed by atoms with E-state index in [1.165, 1.54) is 11.3 Å². The zero-order valence-electron chi connectivity index (χ0n) is 11.2. The Kier molecular flexibility index (Phi) is 4.92. The molecule has 106 valence electrons. The minimum Gasteiger partial charge on any atom is -0.451 e. The van der Waals surface area contributed by atoms with E-state index in [9.17, 15) is 9.59 Å². The van der Waals surface area contributed by atoms with Gasteiger partial charge in [0.25, 0.3) is 5.91 Å². The summed E-state index contributed by atoms with van der Waals surface area (Å²) in [5, 5.41) is 6.58. The van der Waals surface area contributed by atoms with Crippen LogP contribution in [0.4, 0.5) is 0 Å². The van der Waals surface area contributed by atoms with Gasteiger partial charge in [-0.25, -0.2) is 4.79 Å². The van der Waals surface area contributed by atoms with Crippen molar-refractivity contribution < 1.29 is 14.3 Å². The van der Waals surface area contributed by atoms with Crippen LogP contribution < -0.4 is 5.32 Å². The van der Waals surface area contributed by atoms with Crippen LogP contribution in [0.1, 0.15) is 33.1 Å². The lowest BCUT2D eigenvalue weighted by atomic mass is 10.3. The number of carbonyl (C=O) groups is 2. The van der Waals surface area contributed by atoms with Crippen molar-refractivity contribution in [3.63, 3.8) is 0 Å². The predicted molar refractivity (Wildman–Crippen MR) is 80.2 cm³/mol.